The van der Waals surface area contributed by atoms with Crippen molar-refractivity contribution in [3.05, 3.63) is 28.2 Å². The standard InChI is InChI=1S/C15H21BrO2/c1-10(2)7-11(3)8-14(17)13-6-5-12(16)9-15(13)18-4/h5-6,9-11H,7-8H2,1-4H3. The van der Waals surface area contributed by atoms with Gasteiger partial charge in [-0.25, -0.2) is 0 Å². The molecule has 0 N–H and O–H groups in total. The van der Waals surface area contributed by atoms with Gasteiger partial charge in [-0.3, -0.25) is 4.79 Å². The number of hydrogen-bond acceptors (Lipinski definition) is 2. The average Bonchev–Trinajstić information content (AvgIpc) is 2.27. The van der Waals surface area contributed by atoms with E-state index in [0.29, 0.717) is 29.6 Å². The van der Waals surface area contributed by atoms with Crippen molar-refractivity contribution in [2.45, 2.75) is 33.6 Å². The number of Topliss-reactive ketones (excluding diaryl/α,β-unsaturated/α-hetero) is 1. The largest absolute Gasteiger partial charge is 0.496 e. The zero-order chi connectivity index (χ0) is 13.7. The van der Waals surface area contributed by atoms with Crippen molar-refractivity contribution in [1.82, 2.24) is 0 Å². The van der Waals surface area contributed by atoms with Crippen molar-refractivity contribution in [1.29, 1.82) is 0 Å². The van der Waals surface area contributed by atoms with E-state index in [1.807, 2.05) is 18.2 Å². The van der Waals surface area contributed by atoms with Crippen LogP contribution in [0.25, 0.3) is 0 Å². The van der Waals surface area contributed by atoms with Crippen LogP contribution >= 0.6 is 15.9 Å². The van der Waals surface area contributed by atoms with Crippen LogP contribution in [0.3, 0.4) is 0 Å². The molecule has 0 aliphatic rings. The minimum Gasteiger partial charge on any atom is -0.496 e. The Morgan fingerprint density at radius 2 is 2.00 bits per heavy atom. The zero-order valence-corrected chi connectivity index (χ0v) is 13.1. The number of benzene rings is 1. The third kappa shape index (κ3) is 4.45. The predicted molar refractivity (Wildman–Crippen MR) is 78.3 cm³/mol. The van der Waals surface area contributed by atoms with Crippen LogP contribution in [0.4, 0.5) is 0 Å². The molecule has 2 nitrogen and oxygen atoms in total. The molecule has 0 bridgehead atoms. The molecule has 100 valence electrons. The van der Waals surface area contributed by atoms with Gasteiger partial charge in [0, 0.05) is 10.9 Å². The van der Waals surface area contributed by atoms with Crippen LogP contribution < -0.4 is 4.74 Å². The Labute approximate surface area is 118 Å². The number of methoxy groups -OCH3 is 1. The predicted octanol–water partition coefficient (Wildman–Crippen LogP) is 4.71. The molecule has 0 aliphatic carbocycles. The Kier molecular flexibility index (Phi) is 5.86. The summed E-state index contributed by atoms with van der Waals surface area (Å²) in [7, 11) is 1.59. The molecule has 0 radical (unpaired) electrons. The number of ketones is 1. The van der Waals surface area contributed by atoms with Gasteiger partial charge < -0.3 is 4.74 Å². The fourth-order valence-corrected chi connectivity index (χ4v) is 2.55. The van der Waals surface area contributed by atoms with E-state index < -0.39 is 0 Å². The van der Waals surface area contributed by atoms with Gasteiger partial charge in [-0.05, 0) is 36.5 Å². The Morgan fingerprint density at radius 3 is 2.56 bits per heavy atom. The first-order valence-electron chi connectivity index (χ1n) is 6.30. The van der Waals surface area contributed by atoms with Crippen molar-refractivity contribution >= 4 is 21.7 Å². The van der Waals surface area contributed by atoms with Gasteiger partial charge in [-0.2, -0.15) is 0 Å². The van der Waals surface area contributed by atoms with E-state index >= 15 is 0 Å². The monoisotopic (exact) mass is 312 g/mol. The smallest absolute Gasteiger partial charge is 0.166 e. The lowest BCUT2D eigenvalue weighted by Crippen LogP contribution is -2.09. The van der Waals surface area contributed by atoms with Gasteiger partial charge in [0.1, 0.15) is 5.75 Å². The van der Waals surface area contributed by atoms with Crippen molar-refractivity contribution in [2.75, 3.05) is 7.11 Å². The quantitative estimate of drug-likeness (QED) is 0.711. The third-order valence-electron chi connectivity index (χ3n) is 2.87. The highest BCUT2D eigenvalue weighted by molar-refractivity contribution is 9.10. The van der Waals surface area contributed by atoms with Crippen molar-refractivity contribution in [3.8, 4) is 5.75 Å². The van der Waals surface area contributed by atoms with Crippen molar-refractivity contribution in [3.63, 3.8) is 0 Å². The number of ether oxygens (including phenoxy) is 1. The summed E-state index contributed by atoms with van der Waals surface area (Å²) < 4.78 is 6.18. The summed E-state index contributed by atoms with van der Waals surface area (Å²) in [4.78, 5) is 12.2. The van der Waals surface area contributed by atoms with Gasteiger partial charge in [0.05, 0.1) is 12.7 Å². The molecule has 1 aromatic carbocycles. The van der Waals surface area contributed by atoms with Crippen LogP contribution in [0, 0.1) is 11.8 Å². The summed E-state index contributed by atoms with van der Waals surface area (Å²) >= 11 is 3.38. The lowest BCUT2D eigenvalue weighted by molar-refractivity contribution is 0.0957. The number of halogens is 1. The molecule has 0 amide bonds. The summed E-state index contributed by atoms with van der Waals surface area (Å²) in [6.45, 7) is 6.49. The lowest BCUT2D eigenvalue weighted by Gasteiger charge is -2.14. The van der Waals surface area contributed by atoms with Crippen molar-refractivity contribution < 1.29 is 9.53 Å². The second kappa shape index (κ2) is 6.93. The van der Waals surface area contributed by atoms with E-state index in [2.05, 4.69) is 36.7 Å². The molecule has 1 atom stereocenters. The highest BCUT2D eigenvalue weighted by Gasteiger charge is 2.16. The van der Waals surface area contributed by atoms with Gasteiger partial charge in [0.25, 0.3) is 0 Å². The minimum atomic E-state index is 0.160. The number of carbonyl (C=O) groups is 1. The van der Waals surface area contributed by atoms with E-state index in [0.717, 1.165) is 10.9 Å². The van der Waals surface area contributed by atoms with Gasteiger partial charge >= 0.3 is 0 Å². The summed E-state index contributed by atoms with van der Waals surface area (Å²) in [6, 6.07) is 5.54. The zero-order valence-electron chi connectivity index (χ0n) is 11.5. The summed E-state index contributed by atoms with van der Waals surface area (Å²) in [5.41, 5.74) is 0.677. The van der Waals surface area contributed by atoms with E-state index in [4.69, 9.17) is 4.74 Å². The first-order valence-corrected chi connectivity index (χ1v) is 7.10. The number of hydrogen-bond donors (Lipinski definition) is 0. The lowest BCUT2D eigenvalue weighted by atomic mass is 9.92. The SMILES string of the molecule is COc1cc(Br)ccc1C(=O)CC(C)CC(C)C. The Balaban J connectivity index is 2.78. The maximum atomic E-state index is 12.2. The Hall–Kier alpha value is -0.830. The molecule has 0 heterocycles. The molecule has 0 aromatic heterocycles. The molecule has 0 spiro atoms. The summed E-state index contributed by atoms with van der Waals surface area (Å²) in [6.07, 6.45) is 1.65. The van der Waals surface area contributed by atoms with Gasteiger partial charge in [0.2, 0.25) is 0 Å². The van der Waals surface area contributed by atoms with Crippen LogP contribution in [-0.2, 0) is 0 Å². The number of rotatable bonds is 6. The average molecular weight is 313 g/mol. The molecule has 1 aromatic rings. The van der Waals surface area contributed by atoms with Crippen LogP contribution in [-0.4, -0.2) is 12.9 Å². The highest BCUT2D eigenvalue weighted by Crippen LogP contribution is 2.26. The second-order valence-corrected chi connectivity index (χ2v) is 6.12. The van der Waals surface area contributed by atoms with Crippen LogP contribution in [0.2, 0.25) is 0 Å². The van der Waals surface area contributed by atoms with Crippen molar-refractivity contribution in [2.24, 2.45) is 11.8 Å². The van der Waals surface area contributed by atoms with E-state index in [9.17, 15) is 4.79 Å². The van der Waals surface area contributed by atoms with E-state index in [1.54, 1.807) is 7.11 Å². The molecule has 18 heavy (non-hydrogen) atoms. The molecule has 0 saturated heterocycles. The topological polar surface area (TPSA) is 26.3 Å². The van der Waals surface area contributed by atoms with Crippen LogP contribution in [0.1, 0.15) is 44.0 Å². The third-order valence-corrected chi connectivity index (χ3v) is 3.36. The van der Waals surface area contributed by atoms with Gasteiger partial charge in [-0.15, -0.1) is 0 Å². The van der Waals surface area contributed by atoms with Gasteiger partial charge in [0.15, 0.2) is 5.78 Å². The number of carbonyl (C=O) groups excluding carboxylic acids is 1. The molecular formula is C15H21BrO2. The second-order valence-electron chi connectivity index (χ2n) is 5.21. The molecule has 0 aliphatic heterocycles. The van der Waals surface area contributed by atoms with Crippen LogP contribution in [0.15, 0.2) is 22.7 Å². The maximum Gasteiger partial charge on any atom is 0.166 e. The maximum absolute atomic E-state index is 12.2. The molecule has 3 heteroatoms. The van der Waals surface area contributed by atoms with E-state index in [-0.39, 0.29) is 5.78 Å². The highest BCUT2D eigenvalue weighted by atomic mass is 79.9. The van der Waals surface area contributed by atoms with Crippen LogP contribution in [0.5, 0.6) is 5.75 Å². The fourth-order valence-electron chi connectivity index (χ4n) is 2.21. The minimum absolute atomic E-state index is 0.160. The van der Waals surface area contributed by atoms with E-state index in [1.165, 1.54) is 0 Å². The summed E-state index contributed by atoms with van der Waals surface area (Å²) in [5, 5.41) is 0. The Morgan fingerprint density at radius 1 is 1.33 bits per heavy atom. The molecule has 1 rings (SSSR count). The molecule has 0 fully saturated rings. The molecule has 1 unspecified atom stereocenters. The Bertz CT molecular complexity index is 413. The molecular weight excluding hydrogens is 292 g/mol. The van der Waals surface area contributed by atoms with Gasteiger partial charge in [-0.1, -0.05) is 36.7 Å². The summed E-state index contributed by atoms with van der Waals surface area (Å²) in [5.74, 6) is 1.84. The normalized spacial score (nSPS) is 12.6. The first kappa shape index (κ1) is 15.2. The first-order chi connectivity index (χ1) is 8.43. The fraction of sp³-hybridized carbons (Fsp3) is 0.533. The molecule has 0 saturated carbocycles.